The van der Waals surface area contributed by atoms with Gasteiger partial charge in [-0.1, -0.05) is 11.6 Å². The van der Waals surface area contributed by atoms with Crippen LogP contribution in [0.3, 0.4) is 0 Å². The van der Waals surface area contributed by atoms with Gasteiger partial charge in [0, 0.05) is 0 Å². The minimum absolute atomic E-state index is 0.00748. The van der Waals surface area contributed by atoms with E-state index in [-0.39, 0.29) is 23.3 Å². The highest BCUT2D eigenvalue weighted by atomic mass is 35.5. The second-order valence-corrected chi connectivity index (χ2v) is 3.17. The maximum atomic E-state index is 10.5. The number of nitrogens with zero attached hydrogens (tertiary/aromatic N) is 4. The van der Waals surface area contributed by atoms with Gasteiger partial charge in [0.1, 0.15) is 12.1 Å². The van der Waals surface area contributed by atoms with Gasteiger partial charge in [0.15, 0.2) is 10.8 Å². The van der Waals surface area contributed by atoms with Gasteiger partial charge in [-0.3, -0.25) is 4.79 Å². The van der Waals surface area contributed by atoms with Crippen LogP contribution in [0.5, 0.6) is 0 Å². The Bertz CT molecular complexity index is 537. The third kappa shape index (κ3) is 1.68. The second kappa shape index (κ2) is 3.35. The van der Waals surface area contributed by atoms with Crippen molar-refractivity contribution in [3.63, 3.8) is 0 Å². The van der Waals surface area contributed by atoms with Gasteiger partial charge >= 0.3 is 5.97 Å². The molecule has 0 saturated carbocycles. The average Bonchev–Trinajstić information content (AvgIpc) is 2.46. The van der Waals surface area contributed by atoms with Crippen LogP contribution in [-0.4, -0.2) is 30.6 Å². The molecule has 0 amide bonds. The zero-order valence-electron chi connectivity index (χ0n) is 7.38. The van der Waals surface area contributed by atoms with Gasteiger partial charge in [-0.25, -0.2) is 4.98 Å². The number of aromatic nitrogens is 4. The van der Waals surface area contributed by atoms with Crippen LogP contribution >= 0.6 is 11.6 Å². The first-order valence-corrected chi connectivity index (χ1v) is 4.31. The minimum Gasteiger partial charge on any atom is -0.480 e. The number of fused-ring (bicyclic) bond motifs is 1. The van der Waals surface area contributed by atoms with Crippen LogP contribution in [0.25, 0.3) is 11.2 Å². The smallest absolute Gasteiger partial charge is 0.323 e. The molecule has 2 aromatic heterocycles. The summed E-state index contributed by atoms with van der Waals surface area (Å²) in [6, 6.07) is 0. The third-order valence-corrected chi connectivity index (χ3v) is 2.02. The Morgan fingerprint density at radius 1 is 1.60 bits per heavy atom. The minimum atomic E-state index is -0.998. The molecule has 8 heteroatoms. The molecule has 2 aromatic rings. The summed E-state index contributed by atoms with van der Waals surface area (Å²) in [6.07, 6.45) is 1.33. The monoisotopic (exact) mass is 227 g/mol. The molecular formula is C7H6ClN5O2. The number of nitrogen functional groups attached to an aromatic ring is 1. The van der Waals surface area contributed by atoms with Crippen molar-refractivity contribution < 1.29 is 9.90 Å². The predicted octanol–water partition coefficient (Wildman–Crippen LogP) is 0.146. The molecule has 0 radical (unpaired) electrons. The van der Waals surface area contributed by atoms with Crippen molar-refractivity contribution in [2.45, 2.75) is 6.54 Å². The van der Waals surface area contributed by atoms with Gasteiger partial charge < -0.3 is 15.4 Å². The van der Waals surface area contributed by atoms with Crippen molar-refractivity contribution in [1.82, 2.24) is 19.5 Å². The number of anilines is 1. The summed E-state index contributed by atoms with van der Waals surface area (Å²) < 4.78 is 1.35. The lowest BCUT2D eigenvalue weighted by Crippen LogP contribution is -2.08. The third-order valence-electron chi connectivity index (χ3n) is 1.75. The molecule has 0 aliphatic heterocycles. The van der Waals surface area contributed by atoms with Crippen LogP contribution in [0.4, 0.5) is 5.95 Å². The highest BCUT2D eigenvalue weighted by Gasteiger charge is 2.12. The van der Waals surface area contributed by atoms with Gasteiger partial charge in [-0.05, 0) is 0 Å². The van der Waals surface area contributed by atoms with Crippen LogP contribution in [0, 0.1) is 0 Å². The number of carboxylic acid groups (broad SMARTS) is 1. The van der Waals surface area contributed by atoms with Gasteiger partial charge in [-0.15, -0.1) is 0 Å². The molecule has 2 heterocycles. The summed E-state index contributed by atoms with van der Waals surface area (Å²) in [5.74, 6) is -0.990. The Morgan fingerprint density at radius 2 is 2.33 bits per heavy atom. The average molecular weight is 228 g/mol. The maximum absolute atomic E-state index is 10.5. The van der Waals surface area contributed by atoms with E-state index in [1.165, 1.54) is 10.9 Å². The van der Waals surface area contributed by atoms with Crippen molar-refractivity contribution in [3.05, 3.63) is 11.5 Å². The Morgan fingerprint density at radius 3 is 3.00 bits per heavy atom. The largest absolute Gasteiger partial charge is 0.480 e. The lowest BCUT2D eigenvalue weighted by Gasteiger charge is -2.00. The molecule has 0 bridgehead atoms. The molecular weight excluding hydrogens is 222 g/mol. The van der Waals surface area contributed by atoms with Gasteiger partial charge in [-0.2, -0.15) is 9.97 Å². The number of imidazole rings is 1. The molecule has 15 heavy (non-hydrogen) atoms. The van der Waals surface area contributed by atoms with Gasteiger partial charge in [0.2, 0.25) is 5.95 Å². The Labute approximate surface area is 88.5 Å². The van der Waals surface area contributed by atoms with E-state index in [4.69, 9.17) is 22.4 Å². The fourth-order valence-corrected chi connectivity index (χ4v) is 1.50. The van der Waals surface area contributed by atoms with E-state index < -0.39 is 5.97 Å². The lowest BCUT2D eigenvalue weighted by molar-refractivity contribution is -0.137. The summed E-state index contributed by atoms with van der Waals surface area (Å²) in [6.45, 7) is -0.247. The van der Waals surface area contributed by atoms with Crippen molar-refractivity contribution in [3.8, 4) is 0 Å². The standard InChI is InChI=1S/C7H6ClN5O2/c8-5-4-6(12-7(9)11-5)10-2-13(4)1-3(14)15/h2H,1H2,(H,14,15)(H2,9,11,12). The molecule has 7 nitrogen and oxygen atoms in total. The van der Waals surface area contributed by atoms with Gasteiger partial charge in [0.25, 0.3) is 0 Å². The fourth-order valence-electron chi connectivity index (χ4n) is 1.22. The van der Waals surface area contributed by atoms with Crippen molar-refractivity contribution >= 4 is 34.7 Å². The van der Waals surface area contributed by atoms with Crippen LogP contribution in [0.2, 0.25) is 5.15 Å². The first-order valence-electron chi connectivity index (χ1n) is 3.93. The molecule has 0 spiro atoms. The number of aliphatic carboxylic acids is 1. The number of rotatable bonds is 2. The van der Waals surface area contributed by atoms with Crippen LogP contribution in [0.1, 0.15) is 0 Å². The molecule has 0 unspecified atom stereocenters. The lowest BCUT2D eigenvalue weighted by atomic mass is 10.5. The van der Waals surface area contributed by atoms with Crippen LogP contribution in [-0.2, 0) is 11.3 Å². The summed E-state index contributed by atoms with van der Waals surface area (Å²) in [4.78, 5) is 22.0. The molecule has 78 valence electrons. The Balaban J connectivity index is 2.63. The van der Waals surface area contributed by atoms with E-state index in [2.05, 4.69) is 15.0 Å². The molecule has 0 aliphatic rings. The topological polar surface area (TPSA) is 107 Å². The fraction of sp³-hybridized carbons (Fsp3) is 0.143. The first kappa shape index (κ1) is 9.66. The van der Waals surface area contributed by atoms with E-state index >= 15 is 0 Å². The predicted molar refractivity (Wildman–Crippen MR) is 52.4 cm³/mol. The summed E-state index contributed by atoms with van der Waals surface area (Å²) in [5, 5.41) is 8.73. The first-order chi connectivity index (χ1) is 7.08. The van der Waals surface area contributed by atoms with Crippen molar-refractivity contribution in [2.75, 3.05) is 5.73 Å². The highest BCUT2D eigenvalue weighted by Crippen LogP contribution is 2.19. The molecule has 2 rings (SSSR count). The quantitative estimate of drug-likeness (QED) is 0.707. The van der Waals surface area contributed by atoms with Gasteiger partial charge in [0.05, 0.1) is 6.33 Å². The molecule has 0 aliphatic carbocycles. The molecule has 0 fully saturated rings. The zero-order valence-corrected chi connectivity index (χ0v) is 8.14. The molecule has 0 saturated heterocycles. The number of carbonyl (C=O) groups is 1. The highest BCUT2D eigenvalue weighted by molar-refractivity contribution is 6.33. The van der Waals surface area contributed by atoms with Crippen LogP contribution < -0.4 is 5.73 Å². The molecule has 0 atom stereocenters. The zero-order chi connectivity index (χ0) is 11.0. The van der Waals surface area contributed by atoms with E-state index in [0.717, 1.165) is 0 Å². The van der Waals surface area contributed by atoms with Crippen LogP contribution in [0.15, 0.2) is 6.33 Å². The SMILES string of the molecule is Nc1nc(Cl)c2c(ncn2CC(=O)O)n1. The normalized spacial score (nSPS) is 10.7. The number of hydrogen-bond donors (Lipinski definition) is 2. The van der Waals surface area contributed by atoms with E-state index in [0.29, 0.717) is 5.52 Å². The van der Waals surface area contributed by atoms with Crippen molar-refractivity contribution in [2.24, 2.45) is 0 Å². The Kier molecular flexibility index (Phi) is 2.16. The van der Waals surface area contributed by atoms with Crippen molar-refractivity contribution in [1.29, 1.82) is 0 Å². The number of nitrogens with two attached hydrogens (primary N) is 1. The van der Waals surface area contributed by atoms with E-state index in [9.17, 15) is 4.79 Å². The maximum Gasteiger partial charge on any atom is 0.323 e. The number of hydrogen-bond acceptors (Lipinski definition) is 5. The summed E-state index contributed by atoms with van der Waals surface area (Å²) >= 11 is 5.81. The molecule has 0 aromatic carbocycles. The Hall–Kier alpha value is -1.89. The summed E-state index contributed by atoms with van der Waals surface area (Å²) in [7, 11) is 0. The summed E-state index contributed by atoms with van der Waals surface area (Å²) in [5.41, 5.74) is 6.02. The van der Waals surface area contributed by atoms with E-state index in [1.54, 1.807) is 0 Å². The number of carboxylic acids is 1. The second-order valence-electron chi connectivity index (χ2n) is 2.81. The molecule has 3 N–H and O–H groups in total. The number of halogens is 1. The van der Waals surface area contributed by atoms with E-state index in [1.807, 2.05) is 0 Å².